The van der Waals surface area contributed by atoms with Gasteiger partial charge in [0.1, 0.15) is 16.5 Å². The van der Waals surface area contributed by atoms with Crippen LogP contribution in [0.2, 0.25) is 0 Å². The van der Waals surface area contributed by atoms with Gasteiger partial charge in [0.15, 0.2) is 0 Å². The summed E-state index contributed by atoms with van der Waals surface area (Å²) in [6.07, 6.45) is 3.39. The Morgan fingerprint density at radius 1 is 1.19 bits per heavy atom. The lowest BCUT2D eigenvalue weighted by Gasteiger charge is -2.33. The van der Waals surface area contributed by atoms with Crippen molar-refractivity contribution in [3.8, 4) is 0 Å². The van der Waals surface area contributed by atoms with E-state index in [2.05, 4.69) is 5.32 Å². The molecule has 0 spiro atoms. The first-order valence-electron chi connectivity index (χ1n) is 9.21. The molecule has 27 heavy (non-hydrogen) atoms. The van der Waals surface area contributed by atoms with Crippen molar-refractivity contribution in [1.82, 2.24) is 9.62 Å². The average molecular weight is 402 g/mol. The topological polar surface area (TPSA) is 86.7 Å². The van der Waals surface area contributed by atoms with Crippen molar-refractivity contribution in [3.63, 3.8) is 0 Å². The molecule has 3 atom stereocenters. The third kappa shape index (κ3) is 4.64. The fourth-order valence-electron chi connectivity index (χ4n) is 3.80. The van der Waals surface area contributed by atoms with E-state index >= 15 is 0 Å². The monoisotopic (exact) mass is 402 g/mol. The van der Waals surface area contributed by atoms with Crippen molar-refractivity contribution in [3.05, 3.63) is 29.8 Å². The van der Waals surface area contributed by atoms with Gasteiger partial charge in [-0.3, -0.25) is 4.79 Å². The number of halogens is 2. The molecule has 150 valence electrons. The highest BCUT2D eigenvalue weighted by Crippen LogP contribution is 2.27. The molecule has 1 aromatic carbocycles. The Labute approximate surface area is 157 Å². The number of benzene rings is 1. The first-order valence-corrected chi connectivity index (χ1v) is 10.6. The quantitative estimate of drug-likeness (QED) is 0.804. The largest absolute Gasteiger partial charge is 0.393 e. The maximum atomic E-state index is 13.9. The predicted octanol–water partition coefficient (Wildman–Crippen LogP) is 1.79. The van der Waals surface area contributed by atoms with E-state index in [1.165, 1.54) is 0 Å². The van der Waals surface area contributed by atoms with E-state index in [0.717, 1.165) is 35.7 Å². The summed E-state index contributed by atoms with van der Waals surface area (Å²) in [5.41, 5.74) is 0. The van der Waals surface area contributed by atoms with Crippen molar-refractivity contribution in [2.45, 2.75) is 55.6 Å². The van der Waals surface area contributed by atoms with Crippen molar-refractivity contribution in [2.75, 3.05) is 13.1 Å². The maximum absolute atomic E-state index is 13.9. The second kappa shape index (κ2) is 8.20. The number of piperidine rings is 1. The lowest BCUT2D eigenvalue weighted by Crippen LogP contribution is -2.48. The number of hydrogen-bond acceptors (Lipinski definition) is 4. The molecule has 1 saturated carbocycles. The van der Waals surface area contributed by atoms with Crippen molar-refractivity contribution in [1.29, 1.82) is 0 Å². The third-order valence-corrected chi connectivity index (χ3v) is 7.14. The number of aliphatic hydroxyl groups is 1. The number of aliphatic hydroxyl groups excluding tert-OH is 1. The van der Waals surface area contributed by atoms with E-state index in [1.54, 1.807) is 0 Å². The number of nitrogens with one attached hydrogen (secondary N) is 1. The second-order valence-corrected chi connectivity index (χ2v) is 9.21. The number of carbonyl (C=O) groups excluding carboxylic acids is 1. The van der Waals surface area contributed by atoms with Crippen LogP contribution in [-0.2, 0) is 14.8 Å². The summed E-state index contributed by atoms with van der Waals surface area (Å²) >= 11 is 0. The molecular weight excluding hydrogens is 378 g/mol. The standard InChI is InChI=1S/C18H24F2N2O4S/c19-13-6-7-16(20)17(9-13)27(25,26)22-8-2-3-12(11-22)18(24)21-14-4-1-5-15(23)10-14/h6-7,9,12,14-15,23H,1-5,8,10-11H2,(H,21,24)/t12-,14+,15+/m0/s1. The van der Waals surface area contributed by atoms with Gasteiger partial charge in [-0.15, -0.1) is 0 Å². The molecule has 0 radical (unpaired) electrons. The molecule has 2 aliphatic rings. The highest BCUT2D eigenvalue weighted by Gasteiger charge is 2.35. The summed E-state index contributed by atoms with van der Waals surface area (Å²) in [6.45, 7) is 0.0869. The minimum Gasteiger partial charge on any atom is -0.393 e. The Hall–Kier alpha value is -1.58. The average Bonchev–Trinajstić information content (AvgIpc) is 2.63. The number of rotatable bonds is 4. The van der Waals surface area contributed by atoms with Gasteiger partial charge >= 0.3 is 0 Å². The van der Waals surface area contributed by atoms with E-state index in [-0.39, 0.29) is 25.0 Å². The van der Waals surface area contributed by atoms with Gasteiger partial charge in [-0.05, 0) is 56.7 Å². The van der Waals surface area contributed by atoms with Crippen LogP contribution in [-0.4, -0.2) is 49.0 Å². The van der Waals surface area contributed by atoms with Gasteiger partial charge in [0.25, 0.3) is 0 Å². The molecule has 1 aliphatic heterocycles. The minimum absolute atomic E-state index is 0.0700. The fraction of sp³-hybridized carbons (Fsp3) is 0.611. The van der Waals surface area contributed by atoms with Crippen molar-refractivity contribution >= 4 is 15.9 Å². The molecule has 3 rings (SSSR count). The van der Waals surface area contributed by atoms with Crippen LogP contribution in [0.5, 0.6) is 0 Å². The minimum atomic E-state index is -4.23. The Balaban J connectivity index is 1.69. The molecular formula is C18H24F2N2O4S. The lowest BCUT2D eigenvalue weighted by atomic mass is 9.91. The Bertz CT molecular complexity index is 803. The van der Waals surface area contributed by atoms with Gasteiger partial charge in [-0.2, -0.15) is 4.31 Å². The summed E-state index contributed by atoms with van der Waals surface area (Å²) in [7, 11) is -4.23. The summed E-state index contributed by atoms with van der Waals surface area (Å²) < 4.78 is 53.8. The normalized spacial score (nSPS) is 27.3. The van der Waals surface area contributed by atoms with E-state index in [4.69, 9.17) is 0 Å². The summed E-state index contributed by atoms with van der Waals surface area (Å²) in [4.78, 5) is 11.8. The summed E-state index contributed by atoms with van der Waals surface area (Å²) in [6, 6.07) is 2.19. The maximum Gasteiger partial charge on any atom is 0.246 e. The summed E-state index contributed by atoms with van der Waals surface area (Å²) in [5.74, 6) is -2.66. The molecule has 2 N–H and O–H groups in total. The molecule has 6 nitrogen and oxygen atoms in total. The van der Waals surface area contributed by atoms with Gasteiger partial charge in [0, 0.05) is 19.1 Å². The van der Waals surface area contributed by atoms with Gasteiger partial charge in [-0.1, -0.05) is 0 Å². The van der Waals surface area contributed by atoms with Gasteiger partial charge in [-0.25, -0.2) is 17.2 Å². The first-order chi connectivity index (χ1) is 12.8. The number of sulfonamides is 1. The van der Waals surface area contributed by atoms with Crippen LogP contribution in [0.25, 0.3) is 0 Å². The van der Waals surface area contributed by atoms with Gasteiger partial charge < -0.3 is 10.4 Å². The van der Waals surface area contributed by atoms with E-state index in [0.29, 0.717) is 25.3 Å². The Morgan fingerprint density at radius 2 is 1.96 bits per heavy atom. The van der Waals surface area contributed by atoms with Crippen LogP contribution in [0, 0.1) is 17.6 Å². The highest BCUT2D eigenvalue weighted by atomic mass is 32.2. The molecule has 9 heteroatoms. The van der Waals surface area contributed by atoms with Crippen molar-refractivity contribution < 1.29 is 27.1 Å². The lowest BCUT2D eigenvalue weighted by molar-refractivity contribution is -0.127. The predicted molar refractivity (Wildman–Crippen MR) is 94.2 cm³/mol. The van der Waals surface area contributed by atoms with E-state index < -0.39 is 38.6 Å². The number of nitrogens with zero attached hydrogens (tertiary/aromatic N) is 1. The van der Waals surface area contributed by atoms with Crippen LogP contribution in [0.1, 0.15) is 38.5 Å². The molecule has 1 aromatic rings. The first kappa shape index (κ1) is 20.2. The molecule has 0 aromatic heterocycles. The fourth-order valence-corrected chi connectivity index (χ4v) is 5.40. The molecule has 1 amide bonds. The van der Waals surface area contributed by atoms with Gasteiger partial charge in [0.2, 0.25) is 15.9 Å². The molecule has 0 unspecified atom stereocenters. The van der Waals surface area contributed by atoms with Crippen LogP contribution in [0.15, 0.2) is 23.1 Å². The van der Waals surface area contributed by atoms with Crippen molar-refractivity contribution in [2.24, 2.45) is 5.92 Å². The number of hydrogen-bond donors (Lipinski definition) is 2. The van der Waals surface area contributed by atoms with E-state index in [9.17, 15) is 27.1 Å². The second-order valence-electron chi connectivity index (χ2n) is 7.30. The SMILES string of the molecule is O=C(N[C@@H]1CCC[C@@H](O)C1)[C@H]1CCCN(S(=O)(=O)c2cc(F)ccc2F)C1. The number of carbonyl (C=O) groups is 1. The highest BCUT2D eigenvalue weighted by molar-refractivity contribution is 7.89. The molecule has 0 bridgehead atoms. The smallest absolute Gasteiger partial charge is 0.246 e. The molecule has 1 heterocycles. The van der Waals surface area contributed by atoms with Crippen LogP contribution in [0.4, 0.5) is 8.78 Å². The van der Waals surface area contributed by atoms with E-state index in [1.807, 2.05) is 0 Å². The summed E-state index contributed by atoms with van der Waals surface area (Å²) in [5, 5.41) is 12.6. The zero-order valence-electron chi connectivity index (χ0n) is 14.9. The van der Waals surface area contributed by atoms with Gasteiger partial charge in [0.05, 0.1) is 12.0 Å². The zero-order valence-corrected chi connectivity index (χ0v) is 15.7. The van der Waals surface area contributed by atoms with Crippen LogP contribution in [0.3, 0.4) is 0 Å². The third-order valence-electron chi connectivity index (χ3n) is 5.26. The van der Waals surface area contributed by atoms with Crippen LogP contribution < -0.4 is 5.32 Å². The van der Waals surface area contributed by atoms with Crippen LogP contribution >= 0.6 is 0 Å². The molecule has 2 fully saturated rings. The Kier molecular flexibility index (Phi) is 6.12. The number of amides is 1. The molecule has 1 saturated heterocycles. The Morgan fingerprint density at radius 3 is 2.70 bits per heavy atom. The molecule has 1 aliphatic carbocycles. The zero-order chi connectivity index (χ0) is 19.6.